The molecule has 0 aliphatic carbocycles. The standard InChI is InChI=1S/C26H51NO2S.HI/c1-3-4-5-6-7-8-9-10-11-12-13-14-15-18-23-30-24-26(29-25(2)28)19-22-27-20-16-17-21-27;/h26H,3-24H2,1-2H3;1H. The number of rotatable bonds is 21. The predicted octanol–water partition coefficient (Wildman–Crippen LogP) is 8.24. The van der Waals surface area contributed by atoms with Crippen LogP contribution in [0.2, 0.25) is 0 Å². The third kappa shape index (κ3) is 20.8. The van der Waals surface area contributed by atoms with Crippen molar-refractivity contribution in [2.75, 3.05) is 31.1 Å². The second kappa shape index (κ2) is 23.7. The molecule has 0 aromatic rings. The number of hydrogen-bond donors (Lipinski definition) is 0. The second-order valence-corrected chi connectivity index (χ2v) is 10.4. The molecular formula is C26H52INO2S. The Kier molecular flexibility index (Phi) is 24.1. The van der Waals surface area contributed by atoms with Crippen LogP contribution >= 0.6 is 35.7 Å². The van der Waals surface area contributed by atoms with Crippen LogP contribution in [0, 0.1) is 0 Å². The van der Waals surface area contributed by atoms with Crippen LogP contribution in [0.5, 0.6) is 0 Å². The normalized spacial score (nSPS) is 15.0. The molecule has 5 heteroatoms. The van der Waals surface area contributed by atoms with Crippen molar-refractivity contribution in [3.8, 4) is 0 Å². The number of hydrogen-bond acceptors (Lipinski definition) is 4. The van der Waals surface area contributed by atoms with E-state index >= 15 is 0 Å². The van der Waals surface area contributed by atoms with E-state index < -0.39 is 0 Å². The molecule has 0 saturated carbocycles. The zero-order valence-electron chi connectivity index (χ0n) is 20.7. The molecular weight excluding hydrogens is 517 g/mol. The highest BCUT2D eigenvalue weighted by atomic mass is 127. The first-order chi connectivity index (χ1) is 14.7. The lowest BCUT2D eigenvalue weighted by Gasteiger charge is -2.20. The van der Waals surface area contributed by atoms with Crippen molar-refractivity contribution in [2.45, 2.75) is 129 Å². The largest absolute Gasteiger partial charge is 0.462 e. The Hall–Kier alpha value is 0.510. The van der Waals surface area contributed by atoms with Crippen LogP contribution in [0.1, 0.15) is 123 Å². The SMILES string of the molecule is CCCCCCCCCCCCCCCCSCC(CCN1CCCC1)OC(C)=O.I. The lowest BCUT2D eigenvalue weighted by molar-refractivity contribution is -0.145. The summed E-state index contributed by atoms with van der Waals surface area (Å²) in [6.45, 7) is 7.35. The molecule has 1 aliphatic rings. The number of nitrogens with zero attached hydrogens (tertiary/aromatic N) is 1. The van der Waals surface area contributed by atoms with Crippen molar-refractivity contribution >= 4 is 41.7 Å². The fraction of sp³-hybridized carbons (Fsp3) is 0.962. The van der Waals surface area contributed by atoms with Crippen molar-refractivity contribution in [3.05, 3.63) is 0 Å². The molecule has 1 heterocycles. The Morgan fingerprint density at radius 2 is 1.32 bits per heavy atom. The zero-order valence-corrected chi connectivity index (χ0v) is 23.9. The van der Waals surface area contributed by atoms with Crippen molar-refractivity contribution in [1.29, 1.82) is 0 Å². The van der Waals surface area contributed by atoms with Gasteiger partial charge in [0.15, 0.2) is 0 Å². The summed E-state index contributed by atoms with van der Waals surface area (Å²) in [5.41, 5.74) is 0. The van der Waals surface area contributed by atoms with Crippen molar-refractivity contribution in [1.82, 2.24) is 4.90 Å². The molecule has 0 radical (unpaired) electrons. The van der Waals surface area contributed by atoms with Crippen LogP contribution in [0.15, 0.2) is 0 Å². The van der Waals surface area contributed by atoms with Crippen LogP contribution in [0.25, 0.3) is 0 Å². The summed E-state index contributed by atoms with van der Waals surface area (Å²) < 4.78 is 5.55. The summed E-state index contributed by atoms with van der Waals surface area (Å²) in [7, 11) is 0. The van der Waals surface area contributed by atoms with E-state index in [2.05, 4.69) is 11.8 Å². The van der Waals surface area contributed by atoms with Crippen molar-refractivity contribution in [3.63, 3.8) is 0 Å². The number of unbranched alkanes of at least 4 members (excludes halogenated alkanes) is 13. The number of thioether (sulfide) groups is 1. The van der Waals surface area contributed by atoms with Gasteiger partial charge in [-0.3, -0.25) is 4.79 Å². The maximum Gasteiger partial charge on any atom is 0.302 e. The Bertz CT molecular complexity index is 392. The second-order valence-electron chi connectivity index (χ2n) is 9.24. The highest BCUT2D eigenvalue weighted by Gasteiger charge is 2.16. The minimum Gasteiger partial charge on any atom is -0.462 e. The van der Waals surface area contributed by atoms with E-state index in [1.807, 2.05) is 11.8 Å². The van der Waals surface area contributed by atoms with Crippen LogP contribution in [-0.2, 0) is 9.53 Å². The van der Waals surface area contributed by atoms with Crippen LogP contribution in [-0.4, -0.2) is 48.1 Å². The molecule has 0 bridgehead atoms. The zero-order chi connectivity index (χ0) is 21.7. The van der Waals surface area contributed by atoms with E-state index in [0.29, 0.717) is 0 Å². The van der Waals surface area contributed by atoms with Gasteiger partial charge < -0.3 is 9.64 Å². The third-order valence-corrected chi connectivity index (χ3v) is 7.43. The highest BCUT2D eigenvalue weighted by molar-refractivity contribution is 14.0. The number of halogens is 1. The molecule has 0 aromatic heterocycles. The summed E-state index contributed by atoms with van der Waals surface area (Å²) in [5, 5.41) is 0. The van der Waals surface area contributed by atoms with Gasteiger partial charge in [0.1, 0.15) is 6.10 Å². The van der Waals surface area contributed by atoms with Gasteiger partial charge in [0, 0.05) is 19.2 Å². The first-order valence-corrected chi connectivity index (χ1v) is 14.3. The van der Waals surface area contributed by atoms with Gasteiger partial charge in [0.2, 0.25) is 0 Å². The molecule has 0 aromatic carbocycles. The first-order valence-electron chi connectivity index (χ1n) is 13.2. The molecule has 0 amide bonds. The van der Waals surface area contributed by atoms with Crippen LogP contribution in [0.4, 0.5) is 0 Å². The quantitative estimate of drug-likeness (QED) is 0.0791. The van der Waals surface area contributed by atoms with Gasteiger partial charge in [-0.05, 0) is 44.5 Å². The number of likely N-dealkylation sites (tertiary alicyclic amines) is 1. The van der Waals surface area contributed by atoms with E-state index in [1.54, 1.807) is 6.92 Å². The van der Waals surface area contributed by atoms with Gasteiger partial charge in [-0.1, -0.05) is 90.4 Å². The molecule has 1 atom stereocenters. The van der Waals surface area contributed by atoms with E-state index in [4.69, 9.17) is 4.74 Å². The molecule has 3 nitrogen and oxygen atoms in total. The molecule has 1 rings (SSSR count). The maximum absolute atomic E-state index is 11.4. The molecule has 1 aliphatic heterocycles. The molecule has 31 heavy (non-hydrogen) atoms. The molecule has 1 saturated heterocycles. The Morgan fingerprint density at radius 3 is 1.81 bits per heavy atom. The lowest BCUT2D eigenvalue weighted by atomic mass is 10.0. The summed E-state index contributed by atoms with van der Waals surface area (Å²) >= 11 is 1.97. The molecule has 186 valence electrons. The summed E-state index contributed by atoms with van der Waals surface area (Å²) in [6, 6.07) is 0. The molecule has 0 N–H and O–H groups in total. The summed E-state index contributed by atoms with van der Waals surface area (Å²) in [4.78, 5) is 13.9. The monoisotopic (exact) mass is 569 g/mol. The number of esters is 1. The minimum atomic E-state index is -0.126. The number of carbonyl (C=O) groups is 1. The van der Waals surface area contributed by atoms with Gasteiger partial charge in [-0.25, -0.2) is 0 Å². The van der Waals surface area contributed by atoms with Crippen LogP contribution in [0.3, 0.4) is 0 Å². The number of ether oxygens (including phenoxy) is 1. The summed E-state index contributed by atoms with van der Waals surface area (Å²) in [5.74, 6) is 2.05. The molecule has 0 spiro atoms. The third-order valence-electron chi connectivity index (χ3n) is 6.24. The minimum absolute atomic E-state index is 0. The average Bonchev–Trinajstić information content (AvgIpc) is 3.25. The van der Waals surface area contributed by atoms with Gasteiger partial charge in [-0.15, -0.1) is 24.0 Å². The predicted molar refractivity (Wildman–Crippen MR) is 149 cm³/mol. The van der Waals surface area contributed by atoms with Gasteiger partial charge in [0.25, 0.3) is 0 Å². The van der Waals surface area contributed by atoms with Crippen LogP contribution < -0.4 is 0 Å². The lowest BCUT2D eigenvalue weighted by Crippen LogP contribution is -2.28. The van der Waals surface area contributed by atoms with Gasteiger partial charge >= 0.3 is 5.97 Å². The fourth-order valence-corrected chi connectivity index (χ4v) is 5.43. The topological polar surface area (TPSA) is 29.5 Å². The smallest absolute Gasteiger partial charge is 0.302 e. The Balaban J connectivity index is 0.00000900. The van der Waals surface area contributed by atoms with Crippen molar-refractivity contribution < 1.29 is 9.53 Å². The molecule has 1 fully saturated rings. The van der Waals surface area contributed by atoms with E-state index in [9.17, 15) is 4.79 Å². The highest BCUT2D eigenvalue weighted by Crippen LogP contribution is 2.17. The fourth-order valence-electron chi connectivity index (χ4n) is 4.36. The van der Waals surface area contributed by atoms with E-state index in [-0.39, 0.29) is 36.0 Å². The van der Waals surface area contributed by atoms with E-state index in [1.165, 1.54) is 122 Å². The maximum atomic E-state index is 11.4. The Labute approximate surface area is 215 Å². The summed E-state index contributed by atoms with van der Waals surface area (Å²) in [6.07, 6.45) is 23.5. The Morgan fingerprint density at radius 1 is 0.839 bits per heavy atom. The number of carbonyl (C=O) groups excluding carboxylic acids is 1. The van der Waals surface area contributed by atoms with Gasteiger partial charge in [-0.2, -0.15) is 11.8 Å². The van der Waals surface area contributed by atoms with Gasteiger partial charge in [0.05, 0.1) is 0 Å². The van der Waals surface area contributed by atoms with E-state index in [0.717, 1.165) is 18.7 Å². The molecule has 1 unspecified atom stereocenters. The van der Waals surface area contributed by atoms with Crippen molar-refractivity contribution in [2.24, 2.45) is 0 Å². The average molecular weight is 570 g/mol. The first kappa shape index (κ1) is 31.5.